The van der Waals surface area contributed by atoms with Crippen LogP contribution in [0.25, 0.3) is 11.1 Å². The monoisotopic (exact) mass is 351 g/mol. The molecule has 2 aromatic rings. The molecule has 3 rings (SSSR count). The third-order valence-corrected chi connectivity index (χ3v) is 5.99. The van der Waals surface area contributed by atoms with Crippen molar-refractivity contribution in [3.63, 3.8) is 0 Å². The molecule has 0 aliphatic heterocycles. The Hall–Kier alpha value is -2.29. The summed E-state index contributed by atoms with van der Waals surface area (Å²) in [6.45, 7) is 6.53. The van der Waals surface area contributed by atoms with E-state index in [-0.39, 0.29) is 11.5 Å². The number of fused-ring (bicyclic) bond motifs is 1. The second-order valence-electron chi connectivity index (χ2n) is 7.42. The fraction of sp³-hybridized carbons (Fsp3) is 0.435. The zero-order valence-electron chi connectivity index (χ0n) is 16.0. The first-order valence-electron chi connectivity index (χ1n) is 9.71. The first-order valence-corrected chi connectivity index (χ1v) is 9.71. The summed E-state index contributed by atoms with van der Waals surface area (Å²) in [5, 5.41) is 0. The summed E-state index contributed by atoms with van der Waals surface area (Å²) in [6, 6.07) is 15.3. The van der Waals surface area contributed by atoms with Crippen LogP contribution in [0.5, 0.6) is 0 Å². The van der Waals surface area contributed by atoms with Gasteiger partial charge in [0.25, 0.3) is 0 Å². The van der Waals surface area contributed by atoms with Crippen molar-refractivity contribution in [1.82, 2.24) is 0 Å². The number of nitrogens with two attached hydrogens (primary N) is 1. The molecule has 2 aromatic carbocycles. The van der Waals surface area contributed by atoms with Crippen molar-refractivity contribution in [3.05, 3.63) is 59.2 Å². The Morgan fingerprint density at radius 3 is 2.31 bits per heavy atom. The average molecular weight is 351 g/mol. The van der Waals surface area contributed by atoms with Crippen molar-refractivity contribution in [2.24, 2.45) is 11.1 Å². The van der Waals surface area contributed by atoms with E-state index in [2.05, 4.69) is 63.2 Å². The molecule has 0 bridgehead atoms. The molecule has 3 nitrogen and oxygen atoms in total. The maximum absolute atomic E-state index is 11.5. The highest BCUT2D eigenvalue weighted by Crippen LogP contribution is 2.52. The maximum Gasteiger partial charge on any atom is 0.405 e. The molecule has 0 spiro atoms. The summed E-state index contributed by atoms with van der Waals surface area (Å²) in [6.07, 6.45) is 4.18. The predicted octanol–water partition coefficient (Wildman–Crippen LogP) is 5.81. The molecule has 1 amide bonds. The predicted molar refractivity (Wildman–Crippen MR) is 106 cm³/mol. The summed E-state index contributed by atoms with van der Waals surface area (Å²) >= 11 is 0. The maximum atomic E-state index is 11.5. The second-order valence-corrected chi connectivity index (χ2v) is 7.42. The van der Waals surface area contributed by atoms with Gasteiger partial charge >= 0.3 is 6.09 Å². The molecule has 138 valence electrons. The number of aryl methyl sites for hydroxylation is 1. The molecule has 2 N–H and O–H groups in total. The number of hydrogen-bond donors (Lipinski definition) is 1. The van der Waals surface area contributed by atoms with Crippen LogP contribution in [0, 0.1) is 5.41 Å². The molecule has 0 saturated heterocycles. The fourth-order valence-electron chi connectivity index (χ4n) is 4.32. The van der Waals surface area contributed by atoms with Crippen LogP contribution in [-0.4, -0.2) is 6.09 Å². The van der Waals surface area contributed by atoms with Gasteiger partial charge < -0.3 is 10.5 Å². The van der Waals surface area contributed by atoms with Crippen LogP contribution in [0.3, 0.4) is 0 Å². The van der Waals surface area contributed by atoms with Crippen LogP contribution < -0.4 is 5.73 Å². The average Bonchev–Trinajstić information content (AvgIpc) is 2.95. The van der Waals surface area contributed by atoms with Gasteiger partial charge in [0.05, 0.1) is 0 Å². The SMILES string of the molecule is CCCc1ccc(-c2ccc3c(c2)CC(CC)(CC)C3OC(N)=O)cc1. The highest BCUT2D eigenvalue weighted by atomic mass is 16.6. The Balaban J connectivity index is 1.95. The highest BCUT2D eigenvalue weighted by molar-refractivity contribution is 5.68. The van der Waals surface area contributed by atoms with Gasteiger partial charge in [-0.25, -0.2) is 4.79 Å². The normalized spacial score (nSPS) is 17.7. The van der Waals surface area contributed by atoms with E-state index >= 15 is 0 Å². The van der Waals surface area contributed by atoms with Gasteiger partial charge in [0.1, 0.15) is 6.10 Å². The molecule has 0 heterocycles. The van der Waals surface area contributed by atoms with Crippen molar-refractivity contribution in [2.45, 2.75) is 59.0 Å². The quantitative estimate of drug-likeness (QED) is 0.714. The fourth-order valence-corrected chi connectivity index (χ4v) is 4.32. The molecular weight excluding hydrogens is 322 g/mol. The van der Waals surface area contributed by atoms with E-state index in [9.17, 15) is 4.79 Å². The molecule has 1 atom stereocenters. The molecule has 3 heteroatoms. The van der Waals surface area contributed by atoms with E-state index in [4.69, 9.17) is 10.5 Å². The number of hydrogen-bond acceptors (Lipinski definition) is 2. The number of amides is 1. The number of primary amides is 1. The van der Waals surface area contributed by atoms with Gasteiger partial charge in [-0.05, 0) is 53.5 Å². The van der Waals surface area contributed by atoms with Gasteiger partial charge in [-0.1, -0.05) is 69.7 Å². The van der Waals surface area contributed by atoms with Crippen LogP contribution in [0.4, 0.5) is 4.79 Å². The largest absolute Gasteiger partial charge is 0.441 e. The van der Waals surface area contributed by atoms with Crippen molar-refractivity contribution >= 4 is 6.09 Å². The van der Waals surface area contributed by atoms with Crippen molar-refractivity contribution in [3.8, 4) is 11.1 Å². The van der Waals surface area contributed by atoms with Gasteiger partial charge in [0.2, 0.25) is 0 Å². The van der Waals surface area contributed by atoms with Crippen LogP contribution in [-0.2, 0) is 17.6 Å². The Morgan fingerprint density at radius 1 is 1.08 bits per heavy atom. The third-order valence-electron chi connectivity index (χ3n) is 5.99. The lowest BCUT2D eigenvalue weighted by Crippen LogP contribution is -2.30. The first-order chi connectivity index (χ1) is 12.5. The topological polar surface area (TPSA) is 52.3 Å². The minimum absolute atomic E-state index is 0.0546. The molecule has 1 aliphatic rings. The standard InChI is InChI=1S/C23H29NO2/c1-4-7-16-8-10-17(11-9-16)18-12-13-20-19(14-18)15-23(5-2,6-3)21(20)26-22(24)25/h8-14,21H,4-7,15H2,1-3H3,(H2,24,25). The minimum atomic E-state index is -0.690. The number of ether oxygens (including phenoxy) is 1. The molecular formula is C23H29NO2. The Bertz CT molecular complexity index is 775. The van der Waals surface area contributed by atoms with Crippen molar-refractivity contribution < 1.29 is 9.53 Å². The van der Waals surface area contributed by atoms with Crippen molar-refractivity contribution in [2.75, 3.05) is 0 Å². The van der Waals surface area contributed by atoms with E-state index < -0.39 is 6.09 Å². The lowest BCUT2D eigenvalue weighted by molar-refractivity contribution is 0.0140. The second kappa shape index (κ2) is 7.53. The van der Waals surface area contributed by atoms with Gasteiger partial charge in [-0.15, -0.1) is 0 Å². The molecule has 26 heavy (non-hydrogen) atoms. The number of carbonyl (C=O) groups is 1. The molecule has 0 fully saturated rings. The zero-order valence-corrected chi connectivity index (χ0v) is 16.0. The number of benzene rings is 2. The molecule has 0 aromatic heterocycles. The summed E-state index contributed by atoms with van der Waals surface area (Å²) in [5.74, 6) is 0. The summed E-state index contributed by atoms with van der Waals surface area (Å²) in [5.41, 5.74) is 11.5. The molecule has 1 aliphatic carbocycles. The smallest absolute Gasteiger partial charge is 0.405 e. The molecule has 0 saturated carbocycles. The van der Waals surface area contributed by atoms with Crippen molar-refractivity contribution in [1.29, 1.82) is 0 Å². The summed E-state index contributed by atoms with van der Waals surface area (Å²) in [7, 11) is 0. The van der Waals surface area contributed by atoms with E-state index in [0.29, 0.717) is 0 Å². The van der Waals surface area contributed by atoms with Gasteiger partial charge in [0, 0.05) is 5.41 Å². The van der Waals surface area contributed by atoms with E-state index in [0.717, 1.165) is 37.7 Å². The van der Waals surface area contributed by atoms with E-state index in [1.54, 1.807) is 0 Å². The lowest BCUT2D eigenvalue weighted by Gasteiger charge is -2.32. The number of carbonyl (C=O) groups excluding carboxylic acids is 1. The van der Waals surface area contributed by atoms with Crippen LogP contribution in [0.2, 0.25) is 0 Å². The van der Waals surface area contributed by atoms with Crippen LogP contribution >= 0.6 is 0 Å². The Morgan fingerprint density at radius 2 is 1.73 bits per heavy atom. The Kier molecular flexibility index (Phi) is 5.36. The van der Waals surface area contributed by atoms with Gasteiger partial charge in [-0.3, -0.25) is 0 Å². The van der Waals surface area contributed by atoms with E-state index in [1.807, 2.05) is 0 Å². The first kappa shape index (κ1) is 18.5. The van der Waals surface area contributed by atoms with Gasteiger partial charge in [0.15, 0.2) is 0 Å². The van der Waals surface area contributed by atoms with E-state index in [1.165, 1.54) is 22.3 Å². The van der Waals surface area contributed by atoms with Crippen LogP contribution in [0.1, 0.15) is 62.8 Å². The highest BCUT2D eigenvalue weighted by Gasteiger charge is 2.46. The molecule has 0 radical (unpaired) electrons. The number of rotatable bonds is 6. The van der Waals surface area contributed by atoms with Crippen LogP contribution in [0.15, 0.2) is 42.5 Å². The summed E-state index contributed by atoms with van der Waals surface area (Å²) in [4.78, 5) is 11.5. The van der Waals surface area contributed by atoms with Gasteiger partial charge in [-0.2, -0.15) is 0 Å². The molecule has 1 unspecified atom stereocenters. The summed E-state index contributed by atoms with van der Waals surface area (Å²) < 4.78 is 5.56. The zero-order chi connectivity index (χ0) is 18.7. The third kappa shape index (κ3) is 3.35. The Labute approximate surface area is 156 Å². The minimum Gasteiger partial charge on any atom is -0.441 e. The lowest BCUT2D eigenvalue weighted by atomic mass is 9.77.